The number of benzene rings is 1. The van der Waals surface area contributed by atoms with Crippen LogP contribution in [0.25, 0.3) is 0 Å². The molecule has 1 amide bonds. The van der Waals surface area contributed by atoms with Crippen molar-refractivity contribution in [2.24, 2.45) is 0 Å². The Balaban J connectivity index is 2.52. The van der Waals surface area contributed by atoms with E-state index in [9.17, 15) is 13.2 Å². The molecule has 0 saturated carbocycles. The van der Waals surface area contributed by atoms with Gasteiger partial charge < -0.3 is 5.73 Å². The van der Waals surface area contributed by atoms with Crippen LogP contribution in [-0.4, -0.2) is 25.2 Å². The Bertz CT molecular complexity index is 566. The third-order valence-electron chi connectivity index (χ3n) is 2.88. The molecule has 1 aliphatic heterocycles. The molecule has 0 bridgehead atoms. The van der Waals surface area contributed by atoms with Crippen molar-refractivity contribution in [2.75, 3.05) is 12.3 Å². The van der Waals surface area contributed by atoms with Crippen LogP contribution >= 0.6 is 0 Å². The third-order valence-corrected chi connectivity index (χ3v) is 4.76. The Hall–Kier alpha value is -1.56. The van der Waals surface area contributed by atoms with E-state index < -0.39 is 10.0 Å². The first-order valence-electron chi connectivity index (χ1n) is 5.35. The number of nitrogen functional groups attached to an aromatic ring is 1. The van der Waals surface area contributed by atoms with Gasteiger partial charge in [0.2, 0.25) is 5.91 Å². The van der Waals surface area contributed by atoms with Crippen LogP contribution in [0.2, 0.25) is 0 Å². The quantitative estimate of drug-likeness (QED) is 0.795. The largest absolute Gasteiger partial charge is 0.397 e. The summed E-state index contributed by atoms with van der Waals surface area (Å²) < 4.78 is 25.4. The smallest absolute Gasteiger partial charge is 0.268 e. The van der Waals surface area contributed by atoms with Crippen LogP contribution in [0, 0.1) is 6.92 Å². The molecule has 1 saturated heterocycles. The van der Waals surface area contributed by atoms with Gasteiger partial charge in [-0.3, -0.25) is 4.79 Å². The van der Waals surface area contributed by atoms with Gasteiger partial charge in [0.05, 0.1) is 5.69 Å². The Morgan fingerprint density at radius 2 is 2.06 bits per heavy atom. The molecule has 1 aromatic rings. The molecule has 2 rings (SSSR count). The van der Waals surface area contributed by atoms with Gasteiger partial charge in [0.15, 0.2) is 0 Å². The average molecular weight is 254 g/mol. The third kappa shape index (κ3) is 1.88. The Morgan fingerprint density at radius 3 is 2.65 bits per heavy atom. The molecule has 1 heterocycles. The number of rotatable bonds is 2. The fourth-order valence-electron chi connectivity index (χ4n) is 1.87. The minimum absolute atomic E-state index is 0.0211. The summed E-state index contributed by atoms with van der Waals surface area (Å²) in [5.41, 5.74) is 6.67. The van der Waals surface area contributed by atoms with Gasteiger partial charge in [0.1, 0.15) is 4.90 Å². The average Bonchev–Trinajstić information content (AvgIpc) is 2.69. The zero-order valence-corrected chi connectivity index (χ0v) is 10.3. The monoisotopic (exact) mass is 254 g/mol. The summed E-state index contributed by atoms with van der Waals surface area (Å²) >= 11 is 0. The molecule has 0 unspecified atom stereocenters. The van der Waals surface area contributed by atoms with E-state index in [1.54, 1.807) is 19.1 Å². The lowest BCUT2D eigenvalue weighted by atomic mass is 10.2. The minimum Gasteiger partial charge on any atom is -0.397 e. The maximum Gasteiger partial charge on any atom is 0.268 e. The van der Waals surface area contributed by atoms with E-state index in [1.807, 2.05) is 0 Å². The lowest BCUT2D eigenvalue weighted by molar-refractivity contribution is -0.123. The number of hydrogen-bond donors (Lipinski definition) is 1. The first kappa shape index (κ1) is 11.9. The molecule has 2 N–H and O–H groups in total. The van der Waals surface area contributed by atoms with E-state index in [0.29, 0.717) is 12.0 Å². The highest BCUT2D eigenvalue weighted by molar-refractivity contribution is 7.89. The van der Waals surface area contributed by atoms with E-state index in [0.717, 1.165) is 4.31 Å². The molecule has 1 aromatic carbocycles. The normalized spacial score (nSPS) is 16.5. The van der Waals surface area contributed by atoms with E-state index in [-0.39, 0.29) is 29.5 Å². The van der Waals surface area contributed by atoms with Crippen molar-refractivity contribution < 1.29 is 13.2 Å². The Kier molecular flexibility index (Phi) is 2.82. The highest BCUT2D eigenvalue weighted by atomic mass is 32.2. The number of nitrogens with two attached hydrogens (primary N) is 1. The van der Waals surface area contributed by atoms with Crippen LogP contribution in [0.1, 0.15) is 18.4 Å². The van der Waals surface area contributed by atoms with Gasteiger partial charge in [-0.25, -0.2) is 12.7 Å². The van der Waals surface area contributed by atoms with E-state index in [1.165, 1.54) is 6.07 Å². The summed E-state index contributed by atoms with van der Waals surface area (Å²) in [4.78, 5) is 11.5. The molecule has 5 nitrogen and oxygen atoms in total. The van der Waals surface area contributed by atoms with Crippen LogP contribution in [0.15, 0.2) is 23.1 Å². The molecule has 6 heteroatoms. The first-order valence-corrected chi connectivity index (χ1v) is 6.79. The van der Waals surface area contributed by atoms with Gasteiger partial charge in [-0.2, -0.15) is 0 Å². The van der Waals surface area contributed by atoms with Crippen molar-refractivity contribution in [2.45, 2.75) is 24.7 Å². The zero-order chi connectivity index (χ0) is 12.6. The van der Waals surface area contributed by atoms with Gasteiger partial charge in [0.25, 0.3) is 10.0 Å². The van der Waals surface area contributed by atoms with Gasteiger partial charge in [-0.15, -0.1) is 0 Å². The maximum absolute atomic E-state index is 12.2. The first-order chi connectivity index (χ1) is 7.94. The Labute approximate surface area is 100 Å². The molecule has 0 radical (unpaired) electrons. The topological polar surface area (TPSA) is 80.5 Å². The lowest BCUT2D eigenvalue weighted by Crippen LogP contribution is -2.32. The molecule has 0 aliphatic carbocycles. The molecular formula is C11H14N2O3S. The van der Waals surface area contributed by atoms with Crippen molar-refractivity contribution >= 4 is 21.6 Å². The maximum atomic E-state index is 12.2. The van der Waals surface area contributed by atoms with Crippen molar-refractivity contribution in [3.8, 4) is 0 Å². The molecule has 17 heavy (non-hydrogen) atoms. The molecular weight excluding hydrogens is 240 g/mol. The second kappa shape index (κ2) is 4.03. The predicted octanol–water partition coefficient (Wildman–Crippen LogP) is 0.888. The zero-order valence-electron chi connectivity index (χ0n) is 9.51. The van der Waals surface area contributed by atoms with Crippen LogP contribution < -0.4 is 5.73 Å². The number of para-hydroxylation sites is 1. The van der Waals surface area contributed by atoms with Crippen molar-refractivity contribution in [1.82, 2.24) is 4.31 Å². The van der Waals surface area contributed by atoms with Gasteiger partial charge in [0, 0.05) is 13.0 Å². The molecule has 0 aromatic heterocycles. The van der Waals surface area contributed by atoms with Crippen molar-refractivity contribution in [1.29, 1.82) is 0 Å². The molecule has 0 spiro atoms. The highest BCUT2D eigenvalue weighted by Crippen LogP contribution is 2.27. The summed E-state index contributed by atoms with van der Waals surface area (Å²) in [6.07, 6.45) is 0.856. The molecule has 0 atom stereocenters. The van der Waals surface area contributed by atoms with E-state index >= 15 is 0 Å². The Morgan fingerprint density at radius 1 is 1.35 bits per heavy atom. The van der Waals surface area contributed by atoms with Crippen LogP contribution in [0.3, 0.4) is 0 Å². The summed E-state index contributed by atoms with van der Waals surface area (Å²) in [5.74, 6) is -0.356. The number of hydrogen-bond acceptors (Lipinski definition) is 4. The number of nitrogens with zero attached hydrogens (tertiary/aromatic N) is 1. The number of aryl methyl sites for hydroxylation is 1. The second-order valence-electron chi connectivity index (χ2n) is 4.06. The van der Waals surface area contributed by atoms with Crippen molar-refractivity contribution in [3.63, 3.8) is 0 Å². The van der Waals surface area contributed by atoms with Gasteiger partial charge >= 0.3 is 0 Å². The SMILES string of the molecule is Cc1cccc(S(=O)(=O)N2CCCC2=O)c1N. The second-order valence-corrected chi connectivity index (χ2v) is 5.89. The van der Waals surface area contributed by atoms with Gasteiger partial charge in [-0.05, 0) is 25.0 Å². The van der Waals surface area contributed by atoms with E-state index in [2.05, 4.69) is 0 Å². The fraction of sp³-hybridized carbons (Fsp3) is 0.364. The standard InChI is InChI=1S/C11H14N2O3S/c1-8-4-2-5-9(11(8)12)17(15,16)13-7-3-6-10(13)14/h2,4-5H,3,6-7,12H2,1H3. The lowest BCUT2D eigenvalue weighted by Gasteiger charge is -2.17. The number of anilines is 1. The molecule has 1 aliphatic rings. The molecule has 92 valence electrons. The fourth-order valence-corrected chi connectivity index (χ4v) is 3.53. The van der Waals surface area contributed by atoms with Gasteiger partial charge in [-0.1, -0.05) is 12.1 Å². The van der Waals surface area contributed by atoms with Crippen LogP contribution in [0.5, 0.6) is 0 Å². The minimum atomic E-state index is -3.78. The van der Waals surface area contributed by atoms with Crippen LogP contribution in [0.4, 0.5) is 5.69 Å². The summed E-state index contributed by atoms with van der Waals surface area (Å²) in [7, 11) is -3.78. The number of amides is 1. The van der Waals surface area contributed by atoms with Crippen molar-refractivity contribution in [3.05, 3.63) is 23.8 Å². The summed E-state index contributed by atoms with van der Waals surface area (Å²) in [6.45, 7) is 1.98. The number of sulfonamides is 1. The highest BCUT2D eigenvalue weighted by Gasteiger charge is 2.34. The summed E-state index contributed by atoms with van der Waals surface area (Å²) in [5, 5.41) is 0. The number of carbonyl (C=O) groups is 1. The van der Waals surface area contributed by atoms with E-state index in [4.69, 9.17) is 5.73 Å². The summed E-state index contributed by atoms with van der Waals surface area (Å²) in [6, 6.07) is 4.79. The molecule has 1 fully saturated rings. The predicted molar refractivity (Wildman–Crippen MR) is 63.7 cm³/mol. The number of carbonyl (C=O) groups excluding carboxylic acids is 1. The van der Waals surface area contributed by atoms with Crippen LogP contribution in [-0.2, 0) is 14.8 Å².